The number of rotatable bonds is 2. The van der Waals surface area contributed by atoms with Crippen LogP contribution in [-0.2, 0) is 11.2 Å². The molecular weight excluding hydrogens is 282 g/mol. The topological polar surface area (TPSA) is 50.2 Å². The van der Waals surface area contributed by atoms with Crippen LogP contribution < -0.4 is 0 Å². The number of hydrogen-bond acceptors (Lipinski definition) is 3. The zero-order valence-electron chi connectivity index (χ0n) is 12.6. The van der Waals surface area contributed by atoms with Crippen LogP contribution in [0.15, 0.2) is 12.1 Å². The Balaban J connectivity index is 2.12. The van der Waals surface area contributed by atoms with Gasteiger partial charge in [0.05, 0.1) is 11.6 Å². The SMILES string of the molecule is Cc1cc(C)c(-c2nc3c(s2)CCCC3C(=O)O)c(C)c1. The van der Waals surface area contributed by atoms with Gasteiger partial charge in [0.25, 0.3) is 0 Å². The second-order valence-corrected chi connectivity index (χ2v) is 6.97. The molecule has 0 radical (unpaired) electrons. The molecule has 1 N–H and O–H groups in total. The van der Waals surface area contributed by atoms with Gasteiger partial charge in [0.2, 0.25) is 0 Å². The minimum absolute atomic E-state index is 0.426. The van der Waals surface area contributed by atoms with E-state index < -0.39 is 11.9 Å². The molecule has 0 fully saturated rings. The van der Waals surface area contributed by atoms with Gasteiger partial charge in [0.15, 0.2) is 0 Å². The molecule has 1 atom stereocenters. The molecule has 3 nitrogen and oxygen atoms in total. The number of carboxylic acid groups (broad SMARTS) is 1. The lowest BCUT2D eigenvalue weighted by atomic mass is 9.91. The van der Waals surface area contributed by atoms with E-state index in [1.807, 2.05) is 0 Å². The van der Waals surface area contributed by atoms with Crippen LogP contribution in [0.5, 0.6) is 0 Å². The number of thiazole rings is 1. The van der Waals surface area contributed by atoms with Gasteiger partial charge in [-0.25, -0.2) is 4.98 Å². The summed E-state index contributed by atoms with van der Waals surface area (Å²) in [6, 6.07) is 4.33. The van der Waals surface area contributed by atoms with Crippen LogP contribution in [0.1, 0.15) is 46.0 Å². The molecule has 0 spiro atoms. The number of carboxylic acids is 1. The standard InChI is InChI=1S/C17H19NO2S/c1-9-7-10(2)14(11(3)8-9)16-18-15-12(17(19)20)5-4-6-13(15)21-16/h7-8,12H,4-6H2,1-3H3,(H,19,20). The van der Waals surface area contributed by atoms with Gasteiger partial charge in [-0.3, -0.25) is 4.79 Å². The average molecular weight is 301 g/mol. The first kappa shape index (κ1) is 14.3. The third kappa shape index (κ3) is 2.48. The number of aliphatic carboxylic acids is 1. The normalized spacial score (nSPS) is 17.6. The van der Waals surface area contributed by atoms with Crippen molar-refractivity contribution in [2.75, 3.05) is 0 Å². The Kier molecular flexibility index (Phi) is 3.57. The smallest absolute Gasteiger partial charge is 0.312 e. The highest BCUT2D eigenvalue weighted by molar-refractivity contribution is 7.15. The van der Waals surface area contributed by atoms with Gasteiger partial charge in [0.1, 0.15) is 5.01 Å². The monoisotopic (exact) mass is 301 g/mol. The highest BCUT2D eigenvalue weighted by atomic mass is 32.1. The van der Waals surface area contributed by atoms with Crippen molar-refractivity contribution in [2.45, 2.75) is 46.0 Å². The number of fused-ring (bicyclic) bond motifs is 1. The third-order valence-electron chi connectivity index (χ3n) is 4.14. The molecule has 1 aromatic heterocycles. The largest absolute Gasteiger partial charge is 0.481 e. The van der Waals surface area contributed by atoms with Gasteiger partial charge in [-0.05, 0) is 51.2 Å². The number of hydrogen-bond donors (Lipinski definition) is 1. The zero-order chi connectivity index (χ0) is 15.1. The predicted octanol–water partition coefficient (Wildman–Crippen LogP) is 4.24. The number of nitrogens with zero attached hydrogens (tertiary/aromatic N) is 1. The Morgan fingerprint density at radius 1 is 1.29 bits per heavy atom. The van der Waals surface area contributed by atoms with Gasteiger partial charge in [-0.2, -0.15) is 0 Å². The summed E-state index contributed by atoms with van der Waals surface area (Å²) in [5.74, 6) is -1.17. The summed E-state index contributed by atoms with van der Waals surface area (Å²) >= 11 is 1.67. The first-order chi connectivity index (χ1) is 9.97. The maximum Gasteiger partial charge on any atom is 0.312 e. The molecular formula is C17H19NO2S. The third-order valence-corrected chi connectivity index (χ3v) is 5.29. The van der Waals surface area contributed by atoms with Crippen LogP contribution >= 0.6 is 11.3 Å². The summed E-state index contributed by atoms with van der Waals surface area (Å²) in [6.45, 7) is 6.30. The molecule has 4 heteroatoms. The molecule has 1 aliphatic carbocycles. The van der Waals surface area contributed by atoms with E-state index in [0.717, 1.165) is 28.4 Å². The molecule has 0 bridgehead atoms. The number of carbonyl (C=O) groups is 1. The Morgan fingerprint density at radius 3 is 2.57 bits per heavy atom. The van der Waals surface area contributed by atoms with E-state index in [0.29, 0.717) is 6.42 Å². The molecule has 0 amide bonds. The van der Waals surface area contributed by atoms with Crippen molar-refractivity contribution < 1.29 is 9.90 Å². The molecule has 21 heavy (non-hydrogen) atoms. The first-order valence-electron chi connectivity index (χ1n) is 7.28. The van der Waals surface area contributed by atoms with Crippen molar-refractivity contribution >= 4 is 17.3 Å². The number of aryl methyl sites for hydroxylation is 4. The molecule has 1 heterocycles. The summed E-state index contributed by atoms with van der Waals surface area (Å²) in [4.78, 5) is 17.3. The summed E-state index contributed by atoms with van der Waals surface area (Å²) in [5.41, 5.74) is 5.65. The van der Waals surface area contributed by atoms with Gasteiger partial charge < -0.3 is 5.11 Å². The maximum absolute atomic E-state index is 11.4. The van der Waals surface area contributed by atoms with Crippen molar-refractivity contribution in [1.29, 1.82) is 0 Å². The second kappa shape index (κ2) is 5.26. The second-order valence-electron chi connectivity index (χ2n) is 5.88. The van der Waals surface area contributed by atoms with Gasteiger partial charge in [-0.1, -0.05) is 17.7 Å². The number of benzene rings is 1. The molecule has 0 saturated carbocycles. The number of aromatic nitrogens is 1. The predicted molar refractivity (Wildman–Crippen MR) is 85.1 cm³/mol. The van der Waals surface area contributed by atoms with E-state index >= 15 is 0 Å². The fraction of sp³-hybridized carbons (Fsp3) is 0.412. The van der Waals surface area contributed by atoms with Crippen molar-refractivity contribution in [1.82, 2.24) is 4.98 Å². The van der Waals surface area contributed by atoms with Crippen LogP contribution in [0.4, 0.5) is 0 Å². The first-order valence-corrected chi connectivity index (χ1v) is 8.09. The molecule has 3 rings (SSSR count). The highest BCUT2D eigenvalue weighted by Gasteiger charge is 2.30. The van der Waals surface area contributed by atoms with Crippen molar-refractivity contribution in [2.24, 2.45) is 0 Å². The van der Waals surface area contributed by atoms with E-state index in [1.165, 1.54) is 22.3 Å². The molecule has 1 unspecified atom stereocenters. The van der Waals surface area contributed by atoms with E-state index in [-0.39, 0.29) is 0 Å². The van der Waals surface area contributed by atoms with Crippen molar-refractivity contribution in [3.8, 4) is 10.6 Å². The van der Waals surface area contributed by atoms with Crippen LogP contribution in [0.3, 0.4) is 0 Å². The van der Waals surface area contributed by atoms with Crippen LogP contribution in [0, 0.1) is 20.8 Å². The summed E-state index contributed by atoms with van der Waals surface area (Å²) in [6.07, 6.45) is 2.61. The fourth-order valence-electron chi connectivity index (χ4n) is 3.28. The van der Waals surface area contributed by atoms with Gasteiger partial charge in [0, 0.05) is 10.4 Å². The van der Waals surface area contributed by atoms with Gasteiger partial charge >= 0.3 is 5.97 Å². The molecule has 2 aromatic rings. The minimum atomic E-state index is -0.745. The lowest BCUT2D eigenvalue weighted by Crippen LogP contribution is -2.17. The van der Waals surface area contributed by atoms with Crippen LogP contribution in [-0.4, -0.2) is 16.1 Å². The van der Waals surface area contributed by atoms with E-state index in [4.69, 9.17) is 4.98 Å². The average Bonchev–Trinajstić information content (AvgIpc) is 2.79. The summed E-state index contributed by atoms with van der Waals surface area (Å²) in [5, 5.41) is 10.4. The van der Waals surface area contributed by atoms with E-state index in [1.54, 1.807) is 11.3 Å². The Morgan fingerprint density at radius 2 is 1.95 bits per heavy atom. The summed E-state index contributed by atoms with van der Waals surface area (Å²) in [7, 11) is 0. The molecule has 110 valence electrons. The maximum atomic E-state index is 11.4. The fourth-order valence-corrected chi connectivity index (χ4v) is 4.62. The lowest BCUT2D eigenvalue weighted by Gasteiger charge is -2.16. The van der Waals surface area contributed by atoms with E-state index in [9.17, 15) is 9.90 Å². The lowest BCUT2D eigenvalue weighted by molar-refractivity contribution is -0.139. The van der Waals surface area contributed by atoms with Gasteiger partial charge in [-0.15, -0.1) is 11.3 Å². The Bertz CT molecular complexity index is 695. The zero-order valence-corrected chi connectivity index (χ0v) is 13.4. The minimum Gasteiger partial charge on any atom is -0.481 e. The Hall–Kier alpha value is -1.68. The molecule has 1 aromatic carbocycles. The summed E-state index contributed by atoms with van der Waals surface area (Å²) < 4.78 is 0. The van der Waals surface area contributed by atoms with Crippen molar-refractivity contribution in [3.63, 3.8) is 0 Å². The van der Waals surface area contributed by atoms with Crippen LogP contribution in [0.2, 0.25) is 0 Å². The van der Waals surface area contributed by atoms with Crippen LogP contribution in [0.25, 0.3) is 10.6 Å². The molecule has 0 aliphatic heterocycles. The Labute approximate surface area is 128 Å². The molecule has 0 saturated heterocycles. The van der Waals surface area contributed by atoms with E-state index in [2.05, 4.69) is 32.9 Å². The highest BCUT2D eigenvalue weighted by Crippen LogP contribution is 2.40. The quantitative estimate of drug-likeness (QED) is 0.902. The molecule has 1 aliphatic rings. The van der Waals surface area contributed by atoms with Crippen molar-refractivity contribution in [3.05, 3.63) is 39.4 Å².